The molecule has 150 valence electrons. The van der Waals surface area contributed by atoms with Gasteiger partial charge in [-0.1, -0.05) is 29.8 Å². The number of esters is 1. The molecule has 2 aromatic carbocycles. The Kier molecular flexibility index (Phi) is 5.63. The van der Waals surface area contributed by atoms with Crippen LogP contribution in [0.15, 0.2) is 48.5 Å². The van der Waals surface area contributed by atoms with E-state index in [4.69, 9.17) is 4.74 Å². The fourth-order valence-electron chi connectivity index (χ4n) is 3.12. The molecule has 1 N–H and O–H groups in total. The molecule has 29 heavy (non-hydrogen) atoms. The lowest BCUT2D eigenvalue weighted by Crippen LogP contribution is -2.39. The molecule has 1 saturated heterocycles. The predicted molar refractivity (Wildman–Crippen MR) is 107 cm³/mol. The third-order valence-electron chi connectivity index (χ3n) is 4.67. The van der Waals surface area contributed by atoms with Crippen LogP contribution in [0.3, 0.4) is 0 Å². The Morgan fingerprint density at radius 2 is 1.72 bits per heavy atom. The second-order valence-electron chi connectivity index (χ2n) is 6.67. The highest BCUT2D eigenvalue weighted by atomic mass is 16.5. The van der Waals surface area contributed by atoms with Gasteiger partial charge in [0.2, 0.25) is 5.91 Å². The Labute approximate surface area is 168 Å². The largest absolute Gasteiger partial charge is 0.465 e. The number of benzene rings is 2. The summed E-state index contributed by atoms with van der Waals surface area (Å²) < 4.78 is 4.70. The zero-order chi connectivity index (χ0) is 21.1. The third kappa shape index (κ3) is 3.96. The van der Waals surface area contributed by atoms with Gasteiger partial charge in [-0.25, -0.2) is 9.59 Å². The fraction of sp³-hybridized carbons (Fsp3) is 0.238. The van der Waals surface area contributed by atoms with E-state index in [2.05, 4.69) is 5.32 Å². The Morgan fingerprint density at radius 1 is 1.07 bits per heavy atom. The summed E-state index contributed by atoms with van der Waals surface area (Å²) in [7, 11) is 1.24. The standard InChI is InChI=1S/C21H21N3O5/c1-13-8-10-15(11-9-13)24-14(2)19(26)23(21(24)28)12-18(25)22-17-7-5-4-6-16(17)20(27)29-3/h4-11,14H,12H2,1-3H3,(H,22,25). The molecule has 8 heteroatoms. The maximum absolute atomic E-state index is 12.8. The van der Waals surface area contributed by atoms with Crippen LogP contribution in [0.5, 0.6) is 0 Å². The van der Waals surface area contributed by atoms with Crippen molar-refractivity contribution in [1.29, 1.82) is 0 Å². The van der Waals surface area contributed by atoms with Crippen LogP contribution in [-0.4, -0.2) is 48.4 Å². The van der Waals surface area contributed by atoms with Gasteiger partial charge in [0.25, 0.3) is 5.91 Å². The zero-order valence-corrected chi connectivity index (χ0v) is 16.3. The highest BCUT2D eigenvalue weighted by Crippen LogP contribution is 2.26. The van der Waals surface area contributed by atoms with Gasteiger partial charge in [-0.05, 0) is 38.1 Å². The van der Waals surface area contributed by atoms with Crippen molar-refractivity contribution in [2.45, 2.75) is 19.9 Å². The lowest BCUT2D eigenvalue weighted by Gasteiger charge is -2.19. The van der Waals surface area contributed by atoms with Crippen LogP contribution in [-0.2, 0) is 14.3 Å². The average Bonchev–Trinajstić information content (AvgIpc) is 2.92. The molecule has 4 amide bonds. The number of rotatable bonds is 5. The van der Waals surface area contributed by atoms with E-state index < -0.39 is 36.4 Å². The molecule has 2 aromatic rings. The van der Waals surface area contributed by atoms with Crippen molar-refractivity contribution in [1.82, 2.24) is 4.90 Å². The molecule has 1 heterocycles. The van der Waals surface area contributed by atoms with E-state index in [1.54, 1.807) is 37.3 Å². The second kappa shape index (κ2) is 8.14. The SMILES string of the molecule is COC(=O)c1ccccc1NC(=O)CN1C(=O)C(C)N(c2ccc(C)cc2)C1=O. The van der Waals surface area contributed by atoms with E-state index in [1.807, 2.05) is 19.1 Å². The third-order valence-corrected chi connectivity index (χ3v) is 4.67. The summed E-state index contributed by atoms with van der Waals surface area (Å²) >= 11 is 0. The monoisotopic (exact) mass is 395 g/mol. The molecule has 0 saturated carbocycles. The predicted octanol–water partition coefficient (Wildman–Crippen LogP) is 2.58. The number of carbonyl (C=O) groups excluding carboxylic acids is 4. The number of nitrogens with zero attached hydrogens (tertiary/aromatic N) is 2. The van der Waals surface area contributed by atoms with Crippen molar-refractivity contribution in [3.8, 4) is 0 Å². The van der Waals surface area contributed by atoms with Crippen LogP contribution in [0.1, 0.15) is 22.8 Å². The van der Waals surface area contributed by atoms with Crippen molar-refractivity contribution in [3.63, 3.8) is 0 Å². The summed E-state index contributed by atoms with van der Waals surface area (Å²) in [6.45, 7) is 3.08. The summed E-state index contributed by atoms with van der Waals surface area (Å²) in [6, 6.07) is 12.3. The molecule has 8 nitrogen and oxygen atoms in total. The number of nitrogens with one attached hydrogen (secondary N) is 1. The van der Waals surface area contributed by atoms with Crippen LogP contribution in [0.4, 0.5) is 16.2 Å². The van der Waals surface area contributed by atoms with Gasteiger partial charge < -0.3 is 10.1 Å². The van der Waals surface area contributed by atoms with Gasteiger partial charge in [0.15, 0.2) is 0 Å². The number of aryl methyl sites for hydroxylation is 1. The number of imide groups is 1. The van der Waals surface area contributed by atoms with Gasteiger partial charge >= 0.3 is 12.0 Å². The Balaban J connectivity index is 1.76. The lowest BCUT2D eigenvalue weighted by molar-refractivity contribution is -0.130. The molecular formula is C21H21N3O5. The van der Waals surface area contributed by atoms with Crippen LogP contribution >= 0.6 is 0 Å². The van der Waals surface area contributed by atoms with E-state index in [0.717, 1.165) is 10.5 Å². The molecular weight excluding hydrogens is 374 g/mol. The van der Waals surface area contributed by atoms with Gasteiger partial charge in [-0.2, -0.15) is 0 Å². The highest BCUT2D eigenvalue weighted by Gasteiger charge is 2.44. The summed E-state index contributed by atoms with van der Waals surface area (Å²) in [5.74, 6) is -1.67. The van der Waals surface area contributed by atoms with E-state index in [-0.39, 0.29) is 11.3 Å². The van der Waals surface area contributed by atoms with E-state index in [1.165, 1.54) is 18.1 Å². The Morgan fingerprint density at radius 3 is 2.38 bits per heavy atom. The zero-order valence-electron chi connectivity index (χ0n) is 16.3. The molecule has 1 unspecified atom stereocenters. The maximum atomic E-state index is 12.8. The lowest BCUT2D eigenvalue weighted by atomic mass is 10.2. The smallest absolute Gasteiger partial charge is 0.339 e. The van der Waals surface area contributed by atoms with Gasteiger partial charge in [-0.3, -0.25) is 19.4 Å². The maximum Gasteiger partial charge on any atom is 0.339 e. The first-order chi connectivity index (χ1) is 13.8. The molecule has 1 atom stereocenters. The number of hydrogen-bond acceptors (Lipinski definition) is 5. The van der Waals surface area contributed by atoms with Gasteiger partial charge in [-0.15, -0.1) is 0 Å². The number of amides is 4. The van der Waals surface area contributed by atoms with Crippen molar-refractivity contribution >= 4 is 35.2 Å². The van der Waals surface area contributed by atoms with Crippen LogP contribution in [0.25, 0.3) is 0 Å². The van der Waals surface area contributed by atoms with Gasteiger partial charge in [0.05, 0.1) is 18.4 Å². The first-order valence-corrected chi connectivity index (χ1v) is 9.02. The molecule has 0 bridgehead atoms. The average molecular weight is 395 g/mol. The van der Waals surface area contributed by atoms with Crippen molar-refractivity contribution < 1.29 is 23.9 Å². The summed E-state index contributed by atoms with van der Waals surface area (Å²) in [5, 5.41) is 2.57. The molecule has 0 aromatic heterocycles. The minimum absolute atomic E-state index is 0.178. The summed E-state index contributed by atoms with van der Waals surface area (Å²) in [4.78, 5) is 52.0. The topological polar surface area (TPSA) is 96.0 Å². The minimum Gasteiger partial charge on any atom is -0.465 e. The molecule has 1 fully saturated rings. The van der Waals surface area contributed by atoms with Crippen molar-refractivity contribution in [2.24, 2.45) is 0 Å². The molecule has 1 aliphatic heterocycles. The number of carbonyl (C=O) groups is 4. The van der Waals surface area contributed by atoms with E-state index >= 15 is 0 Å². The molecule has 0 radical (unpaired) electrons. The van der Waals surface area contributed by atoms with Crippen LogP contribution < -0.4 is 10.2 Å². The molecule has 0 aliphatic carbocycles. The number of hydrogen-bond donors (Lipinski definition) is 1. The molecule has 3 rings (SSSR count). The summed E-state index contributed by atoms with van der Waals surface area (Å²) in [5.41, 5.74) is 2.03. The first-order valence-electron chi connectivity index (χ1n) is 9.02. The first kappa shape index (κ1) is 20.1. The molecule has 1 aliphatic rings. The van der Waals surface area contributed by atoms with Crippen molar-refractivity contribution in [3.05, 3.63) is 59.7 Å². The summed E-state index contributed by atoms with van der Waals surface area (Å²) in [6.07, 6.45) is 0. The fourth-order valence-corrected chi connectivity index (χ4v) is 3.12. The Hall–Kier alpha value is -3.68. The number of urea groups is 1. The van der Waals surface area contributed by atoms with Crippen molar-refractivity contribution in [2.75, 3.05) is 23.9 Å². The Bertz CT molecular complexity index is 971. The van der Waals surface area contributed by atoms with Crippen LogP contribution in [0.2, 0.25) is 0 Å². The highest BCUT2D eigenvalue weighted by molar-refractivity contribution is 6.16. The second-order valence-corrected chi connectivity index (χ2v) is 6.67. The quantitative estimate of drug-likeness (QED) is 0.620. The van der Waals surface area contributed by atoms with E-state index in [0.29, 0.717) is 5.69 Å². The number of ether oxygens (including phenoxy) is 1. The molecule has 0 spiro atoms. The number of anilines is 2. The van der Waals surface area contributed by atoms with E-state index in [9.17, 15) is 19.2 Å². The van der Waals surface area contributed by atoms with Gasteiger partial charge in [0.1, 0.15) is 12.6 Å². The number of methoxy groups -OCH3 is 1. The van der Waals surface area contributed by atoms with Gasteiger partial charge in [0, 0.05) is 5.69 Å². The normalized spacial score (nSPS) is 16.2. The minimum atomic E-state index is -0.722. The van der Waals surface area contributed by atoms with Crippen LogP contribution in [0, 0.1) is 6.92 Å². The number of para-hydroxylation sites is 1.